The molecule has 0 aromatic heterocycles. The molecule has 1 amide bonds. The fraction of sp³-hybridized carbons (Fsp3) is 0.529. The number of hydrogen-bond donors (Lipinski definition) is 3. The number of amides is 1. The number of guanidine groups is 1. The first kappa shape index (κ1) is 18.0. The van der Waals surface area contributed by atoms with Gasteiger partial charge in [-0.15, -0.1) is 0 Å². The summed E-state index contributed by atoms with van der Waals surface area (Å²) in [6.07, 6.45) is 0.771. The number of aliphatic imine (C=N–C) groups is 1. The van der Waals surface area contributed by atoms with Gasteiger partial charge in [0.2, 0.25) is 5.91 Å². The van der Waals surface area contributed by atoms with Gasteiger partial charge in [-0.1, -0.05) is 39.8 Å². The van der Waals surface area contributed by atoms with Crippen LogP contribution in [0.4, 0.5) is 5.69 Å². The summed E-state index contributed by atoms with van der Waals surface area (Å²) in [6.45, 7) is 9.27. The summed E-state index contributed by atoms with van der Waals surface area (Å²) in [6, 6.07) is 8.15. The lowest BCUT2D eigenvalue weighted by Gasteiger charge is -2.10. The summed E-state index contributed by atoms with van der Waals surface area (Å²) in [5, 5.41) is 5.95. The van der Waals surface area contributed by atoms with Crippen molar-refractivity contribution in [3.63, 3.8) is 0 Å². The predicted octanol–water partition coefficient (Wildman–Crippen LogP) is 2.70. The van der Waals surface area contributed by atoms with E-state index in [1.165, 1.54) is 5.56 Å². The first-order valence-electron chi connectivity index (χ1n) is 7.84. The number of hydrogen-bond acceptors (Lipinski definition) is 2. The van der Waals surface area contributed by atoms with Crippen LogP contribution in [-0.4, -0.2) is 25.0 Å². The molecule has 122 valence electrons. The van der Waals surface area contributed by atoms with Crippen LogP contribution in [0.1, 0.15) is 45.6 Å². The van der Waals surface area contributed by atoms with Gasteiger partial charge < -0.3 is 16.4 Å². The van der Waals surface area contributed by atoms with Crippen molar-refractivity contribution in [3.05, 3.63) is 29.8 Å². The predicted molar refractivity (Wildman–Crippen MR) is 93.1 cm³/mol. The van der Waals surface area contributed by atoms with Gasteiger partial charge in [0.1, 0.15) is 0 Å². The molecule has 1 rings (SSSR count). The molecule has 0 spiro atoms. The maximum Gasteiger partial charge on any atom is 0.222 e. The van der Waals surface area contributed by atoms with Crippen molar-refractivity contribution in [2.24, 2.45) is 16.6 Å². The molecule has 0 aliphatic heterocycles. The van der Waals surface area contributed by atoms with Gasteiger partial charge in [0, 0.05) is 24.7 Å². The molecule has 22 heavy (non-hydrogen) atoms. The number of benzene rings is 1. The Bertz CT molecular complexity index is 509. The molecule has 5 heteroatoms. The van der Waals surface area contributed by atoms with Crippen LogP contribution < -0.4 is 16.4 Å². The maximum atomic E-state index is 11.4. The molecule has 0 aliphatic carbocycles. The van der Waals surface area contributed by atoms with Crippen molar-refractivity contribution >= 4 is 17.6 Å². The standard InChI is InChI=1S/C17H28N4O/c1-12(2)14-7-5-8-15(11-14)21-17(18)20-10-6-9-19-16(22)13(3)4/h5,7-8,11-13H,6,9-10H2,1-4H3,(H,19,22)(H3,18,20,21). The van der Waals surface area contributed by atoms with Crippen molar-refractivity contribution in [1.82, 2.24) is 5.32 Å². The average Bonchev–Trinajstić information content (AvgIpc) is 2.46. The summed E-state index contributed by atoms with van der Waals surface area (Å²) < 4.78 is 0. The van der Waals surface area contributed by atoms with Crippen LogP contribution in [0.5, 0.6) is 0 Å². The Balaban J connectivity index is 2.37. The van der Waals surface area contributed by atoms with Crippen molar-refractivity contribution in [2.75, 3.05) is 18.4 Å². The van der Waals surface area contributed by atoms with E-state index in [-0.39, 0.29) is 11.8 Å². The fourth-order valence-electron chi connectivity index (χ4n) is 1.86. The summed E-state index contributed by atoms with van der Waals surface area (Å²) in [7, 11) is 0. The Morgan fingerprint density at radius 2 is 2.00 bits per heavy atom. The highest BCUT2D eigenvalue weighted by Crippen LogP contribution is 2.18. The second-order valence-electron chi connectivity index (χ2n) is 5.97. The summed E-state index contributed by atoms with van der Waals surface area (Å²) in [5.41, 5.74) is 8.08. The quantitative estimate of drug-likeness (QED) is 0.411. The molecule has 1 aromatic rings. The van der Waals surface area contributed by atoms with Crippen LogP contribution in [0.2, 0.25) is 0 Å². The van der Waals surface area contributed by atoms with Crippen molar-refractivity contribution in [3.8, 4) is 0 Å². The maximum absolute atomic E-state index is 11.4. The van der Waals surface area contributed by atoms with E-state index in [1.54, 1.807) is 0 Å². The lowest BCUT2D eigenvalue weighted by Crippen LogP contribution is -2.29. The first-order chi connectivity index (χ1) is 10.4. The minimum Gasteiger partial charge on any atom is -0.370 e. The zero-order valence-electron chi connectivity index (χ0n) is 14.0. The number of nitrogens with zero attached hydrogens (tertiary/aromatic N) is 1. The topological polar surface area (TPSA) is 79.5 Å². The zero-order chi connectivity index (χ0) is 16.5. The summed E-state index contributed by atoms with van der Waals surface area (Å²) in [4.78, 5) is 15.7. The third-order valence-corrected chi connectivity index (χ3v) is 3.27. The number of carbonyl (C=O) groups is 1. The number of nitrogens with one attached hydrogen (secondary N) is 2. The molecule has 4 N–H and O–H groups in total. The zero-order valence-corrected chi connectivity index (χ0v) is 14.0. The summed E-state index contributed by atoms with van der Waals surface area (Å²) in [5.74, 6) is 0.963. The molecule has 0 heterocycles. The van der Waals surface area contributed by atoms with E-state index in [0.717, 1.165) is 12.1 Å². The van der Waals surface area contributed by atoms with Gasteiger partial charge in [0.05, 0.1) is 0 Å². The van der Waals surface area contributed by atoms with Gasteiger partial charge in [0.15, 0.2) is 5.96 Å². The molecule has 0 unspecified atom stereocenters. The molecule has 0 bridgehead atoms. The Morgan fingerprint density at radius 1 is 1.27 bits per heavy atom. The van der Waals surface area contributed by atoms with E-state index in [1.807, 2.05) is 26.0 Å². The average molecular weight is 304 g/mol. The molecule has 0 saturated carbocycles. The molecule has 0 atom stereocenters. The molecule has 0 saturated heterocycles. The molecule has 0 fully saturated rings. The van der Waals surface area contributed by atoms with Crippen LogP contribution in [-0.2, 0) is 4.79 Å². The van der Waals surface area contributed by atoms with E-state index in [2.05, 4.69) is 41.6 Å². The van der Waals surface area contributed by atoms with Crippen molar-refractivity contribution in [2.45, 2.75) is 40.0 Å². The van der Waals surface area contributed by atoms with E-state index >= 15 is 0 Å². The molecule has 0 aliphatic rings. The number of carbonyl (C=O) groups excluding carboxylic acids is 1. The minimum absolute atomic E-state index is 0.0171. The molecule has 0 radical (unpaired) electrons. The highest BCUT2D eigenvalue weighted by molar-refractivity contribution is 5.92. The Kier molecular flexibility index (Phi) is 7.43. The van der Waals surface area contributed by atoms with Crippen LogP contribution in [0.3, 0.4) is 0 Å². The largest absolute Gasteiger partial charge is 0.370 e. The minimum atomic E-state index is 0.0171. The molecular weight excluding hydrogens is 276 g/mol. The van der Waals surface area contributed by atoms with Crippen molar-refractivity contribution < 1.29 is 4.79 Å². The molecular formula is C17H28N4O. The Hall–Kier alpha value is -2.04. The van der Waals surface area contributed by atoms with Crippen LogP contribution >= 0.6 is 0 Å². The van der Waals surface area contributed by atoms with Gasteiger partial charge in [-0.2, -0.15) is 0 Å². The van der Waals surface area contributed by atoms with Gasteiger partial charge in [-0.25, -0.2) is 0 Å². The Labute approximate surface area is 133 Å². The first-order valence-corrected chi connectivity index (χ1v) is 7.84. The number of anilines is 1. The fourth-order valence-corrected chi connectivity index (χ4v) is 1.86. The van der Waals surface area contributed by atoms with E-state index < -0.39 is 0 Å². The van der Waals surface area contributed by atoms with Crippen LogP contribution in [0.15, 0.2) is 29.3 Å². The second-order valence-corrected chi connectivity index (χ2v) is 5.97. The SMILES string of the molecule is CC(C)C(=O)NCCCN=C(N)Nc1cccc(C(C)C)c1. The number of nitrogens with two attached hydrogens (primary N) is 1. The molecule has 5 nitrogen and oxygen atoms in total. The van der Waals surface area contributed by atoms with Gasteiger partial charge >= 0.3 is 0 Å². The van der Waals surface area contributed by atoms with Crippen molar-refractivity contribution in [1.29, 1.82) is 0 Å². The van der Waals surface area contributed by atoms with E-state index in [0.29, 0.717) is 25.0 Å². The van der Waals surface area contributed by atoms with Gasteiger partial charge in [-0.05, 0) is 30.0 Å². The smallest absolute Gasteiger partial charge is 0.222 e. The highest BCUT2D eigenvalue weighted by Gasteiger charge is 2.04. The third-order valence-electron chi connectivity index (χ3n) is 3.27. The van der Waals surface area contributed by atoms with Gasteiger partial charge in [0.25, 0.3) is 0 Å². The highest BCUT2D eigenvalue weighted by atomic mass is 16.1. The van der Waals surface area contributed by atoms with E-state index in [4.69, 9.17) is 5.73 Å². The third kappa shape index (κ3) is 6.61. The summed E-state index contributed by atoms with van der Waals surface area (Å²) >= 11 is 0. The van der Waals surface area contributed by atoms with E-state index in [9.17, 15) is 4.79 Å². The lowest BCUT2D eigenvalue weighted by atomic mass is 10.0. The second kappa shape index (κ2) is 9.07. The normalized spacial score (nSPS) is 11.8. The van der Waals surface area contributed by atoms with Crippen LogP contribution in [0, 0.1) is 5.92 Å². The monoisotopic (exact) mass is 304 g/mol. The number of rotatable bonds is 7. The Morgan fingerprint density at radius 3 is 2.64 bits per heavy atom. The molecule has 1 aromatic carbocycles. The van der Waals surface area contributed by atoms with Crippen LogP contribution in [0.25, 0.3) is 0 Å². The lowest BCUT2D eigenvalue weighted by molar-refractivity contribution is -0.123. The van der Waals surface area contributed by atoms with Gasteiger partial charge in [-0.3, -0.25) is 9.79 Å².